The summed E-state index contributed by atoms with van der Waals surface area (Å²) in [6.07, 6.45) is 6.72. The Kier molecular flexibility index (Phi) is 5.60. The van der Waals surface area contributed by atoms with Crippen LogP contribution in [-0.2, 0) is 27.7 Å². The zero-order valence-corrected chi connectivity index (χ0v) is 17.3. The molecule has 2 aromatic rings. The summed E-state index contributed by atoms with van der Waals surface area (Å²) >= 11 is 0. The highest BCUT2D eigenvalue weighted by Crippen LogP contribution is 2.32. The number of hydrogen-bond donors (Lipinski definition) is 2. The standard InChI is InChI=1S/C20H26N4O4S/c1-28-18-8-7-16(12-19(18)29(26,27)24-9-3-2-4-10-24)22-20(25)14-5-6-15-13-21-23-17(15)11-14/h7-8,12-14H,2-6,9-11H2,1H3,(H,21,23)(H,22,25)/t14-/m0/s1. The lowest BCUT2D eigenvalue weighted by molar-refractivity contribution is -0.120. The molecule has 0 unspecified atom stereocenters. The zero-order valence-electron chi connectivity index (χ0n) is 16.5. The number of aryl methyl sites for hydroxylation is 1. The van der Waals surface area contributed by atoms with Gasteiger partial charge in [0.25, 0.3) is 0 Å². The molecule has 1 atom stereocenters. The molecule has 1 aromatic carbocycles. The minimum Gasteiger partial charge on any atom is -0.495 e. The SMILES string of the molecule is COc1ccc(NC(=O)[C@H]2CCc3cn[nH]c3C2)cc1S(=O)(=O)N1CCCCC1. The van der Waals surface area contributed by atoms with Crippen molar-refractivity contribution in [1.82, 2.24) is 14.5 Å². The lowest BCUT2D eigenvalue weighted by Gasteiger charge is -2.27. The van der Waals surface area contributed by atoms with Crippen LogP contribution in [0.1, 0.15) is 36.9 Å². The monoisotopic (exact) mass is 418 g/mol. The quantitative estimate of drug-likeness (QED) is 0.776. The Morgan fingerprint density at radius 2 is 2.07 bits per heavy atom. The third-order valence-corrected chi connectivity index (χ3v) is 7.67. The number of sulfonamides is 1. The Morgan fingerprint density at radius 1 is 1.28 bits per heavy atom. The number of nitrogens with one attached hydrogen (secondary N) is 2. The van der Waals surface area contributed by atoms with E-state index in [-0.39, 0.29) is 22.5 Å². The Hall–Kier alpha value is -2.39. The van der Waals surface area contributed by atoms with Crippen LogP contribution in [0, 0.1) is 5.92 Å². The number of anilines is 1. The Labute approximate surface area is 170 Å². The van der Waals surface area contributed by atoms with Crippen molar-refractivity contribution in [3.63, 3.8) is 0 Å². The van der Waals surface area contributed by atoms with Crippen LogP contribution in [0.4, 0.5) is 5.69 Å². The number of aromatic amines is 1. The van der Waals surface area contributed by atoms with Crippen molar-refractivity contribution >= 4 is 21.6 Å². The molecule has 0 spiro atoms. The van der Waals surface area contributed by atoms with Crippen LogP contribution < -0.4 is 10.1 Å². The fraction of sp³-hybridized carbons (Fsp3) is 0.500. The molecule has 2 heterocycles. The van der Waals surface area contributed by atoms with E-state index in [0.717, 1.165) is 43.4 Å². The molecule has 1 aliphatic heterocycles. The highest BCUT2D eigenvalue weighted by Gasteiger charge is 2.30. The predicted octanol–water partition coefficient (Wildman–Crippen LogP) is 2.34. The molecule has 4 rings (SSSR count). The van der Waals surface area contributed by atoms with Gasteiger partial charge in [0.15, 0.2) is 0 Å². The number of carbonyl (C=O) groups is 1. The summed E-state index contributed by atoms with van der Waals surface area (Å²) in [5.74, 6) is -0.00252. The summed E-state index contributed by atoms with van der Waals surface area (Å²) in [4.78, 5) is 12.9. The van der Waals surface area contributed by atoms with Gasteiger partial charge in [0.05, 0.1) is 13.3 Å². The van der Waals surface area contributed by atoms with Crippen LogP contribution in [-0.4, -0.2) is 49.0 Å². The lowest BCUT2D eigenvalue weighted by Crippen LogP contribution is -2.35. The number of methoxy groups -OCH3 is 1. The average Bonchev–Trinajstić information content (AvgIpc) is 3.22. The number of aromatic nitrogens is 2. The minimum atomic E-state index is -3.68. The number of nitrogens with zero attached hydrogens (tertiary/aromatic N) is 2. The van der Waals surface area contributed by atoms with E-state index >= 15 is 0 Å². The highest BCUT2D eigenvalue weighted by molar-refractivity contribution is 7.89. The molecule has 156 valence electrons. The summed E-state index contributed by atoms with van der Waals surface area (Å²) in [5.41, 5.74) is 2.62. The zero-order chi connectivity index (χ0) is 20.4. The van der Waals surface area contributed by atoms with Gasteiger partial charge in [-0.05, 0) is 49.4 Å². The molecule has 1 aromatic heterocycles. The maximum atomic E-state index is 13.1. The van der Waals surface area contributed by atoms with Crippen molar-refractivity contribution in [2.75, 3.05) is 25.5 Å². The summed E-state index contributed by atoms with van der Waals surface area (Å²) in [7, 11) is -2.23. The van der Waals surface area contributed by atoms with Gasteiger partial charge in [-0.3, -0.25) is 9.89 Å². The number of ether oxygens (including phenoxy) is 1. The third kappa shape index (κ3) is 4.02. The molecule has 9 heteroatoms. The first-order valence-electron chi connectivity index (χ1n) is 9.99. The van der Waals surface area contributed by atoms with Crippen LogP contribution >= 0.6 is 0 Å². The van der Waals surface area contributed by atoms with Gasteiger partial charge in [0, 0.05) is 36.8 Å². The molecule has 1 fully saturated rings. The lowest BCUT2D eigenvalue weighted by atomic mass is 9.87. The molecule has 1 amide bonds. The van der Waals surface area contributed by atoms with Crippen molar-refractivity contribution in [3.05, 3.63) is 35.7 Å². The van der Waals surface area contributed by atoms with Gasteiger partial charge in [-0.15, -0.1) is 0 Å². The number of hydrogen-bond acceptors (Lipinski definition) is 5. The molecule has 8 nitrogen and oxygen atoms in total. The van der Waals surface area contributed by atoms with Gasteiger partial charge in [-0.2, -0.15) is 9.40 Å². The molecule has 0 saturated carbocycles. The smallest absolute Gasteiger partial charge is 0.246 e. The first kappa shape index (κ1) is 19.9. The summed E-state index contributed by atoms with van der Waals surface area (Å²) in [6.45, 7) is 1.02. The first-order chi connectivity index (χ1) is 14.0. The fourth-order valence-corrected chi connectivity index (χ4v) is 5.78. The van der Waals surface area contributed by atoms with Crippen LogP contribution in [0.2, 0.25) is 0 Å². The number of amides is 1. The van der Waals surface area contributed by atoms with Gasteiger partial charge in [0.1, 0.15) is 10.6 Å². The molecule has 0 bridgehead atoms. The van der Waals surface area contributed by atoms with Crippen molar-refractivity contribution < 1.29 is 17.9 Å². The molecule has 1 aliphatic carbocycles. The number of carbonyl (C=O) groups excluding carboxylic acids is 1. The largest absolute Gasteiger partial charge is 0.495 e. The maximum absolute atomic E-state index is 13.1. The van der Waals surface area contributed by atoms with E-state index in [1.54, 1.807) is 12.1 Å². The van der Waals surface area contributed by atoms with E-state index in [4.69, 9.17) is 4.74 Å². The summed E-state index contributed by atoms with van der Waals surface area (Å²) in [6, 6.07) is 4.78. The second-order valence-corrected chi connectivity index (χ2v) is 9.54. The number of benzene rings is 1. The highest BCUT2D eigenvalue weighted by atomic mass is 32.2. The van der Waals surface area contributed by atoms with E-state index in [1.807, 2.05) is 6.20 Å². The van der Waals surface area contributed by atoms with Crippen molar-refractivity contribution in [1.29, 1.82) is 0 Å². The molecule has 2 N–H and O–H groups in total. The van der Waals surface area contributed by atoms with Crippen LogP contribution in [0.25, 0.3) is 0 Å². The second kappa shape index (κ2) is 8.16. The third-order valence-electron chi connectivity index (χ3n) is 5.75. The first-order valence-corrected chi connectivity index (χ1v) is 11.4. The van der Waals surface area contributed by atoms with E-state index in [9.17, 15) is 13.2 Å². The fourth-order valence-electron chi connectivity index (χ4n) is 4.08. The van der Waals surface area contributed by atoms with Crippen molar-refractivity contribution in [3.8, 4) is 5.75 Å². The van der Waals surface area contributed by atoms with Gasteiger partial charge >= 0.3 is 0 Å². The predicted molar refractivity (Wildman–Crippen MR) is 108 cm³/mol. The number of rotatable bonds is 5. The Morgan fingerprint density at radius 3 is 2.83 bits per heavy atom. The minimum absolute atomic E-state index is 0.0965. The van der Waals surface area contributed by atoms with E-state index in [1.165, 1.54) is 17.5 Å². The summed E-state index contributed by atoms with van der Waals surface area (Å²) < 4.78 is 33.1. The molecular weight excluding hydrogens is 392 g/mol. The molecule has 0 radical (unpaired) electrons. The Bertz CT molecular complexity index is 996. The van der Waals surface area contributed by atoms with Crippen LogP contribution in [0.3, 0.4) is 0 Å². The Balaban J connectivity index is 1.54. The van der Waals surface area contributed by atoms with Crippen LogP contribution in [0.15, 0.2) is 29.3 Å². The second-order valence-electron chi connectivity index (χ2n) is 7.63. The van der Waals surface area contributed by atoms with Gasteiger partial charge in [-0.1, -0.05) is 6.42 Å². The number of H-pyrrole nitrogens is 1. The topological polar surface area (TPSA) is 104 Å². The van der Waals surface area contributed by atoms with E-state index < -0.39 is 10.0 Å². The molecule has 2 aliphatic rings. The molecule has 29 heavy (non-hydrogen) atoms. The maximum Gasteiger partial charge on any atom is 0.246 e. The van der Waals surface area contributed by atoms with Crippen molar-refractivity contribution in [2.24, 2.45) is 5.92 Å². The van der Waals surface area contributed by atoms with Gasteiger partial charge < -0.3 is 10.1 Å². The molecule has 1 saturated heterocycles. The normalized spacial score (nSPS) is 20.1. The number of fused-ring (bicyclic) bond motifs is 1. The van der Waals surface area contributed by atoms with Gasteiger partial charge in [-0.25, -0.2) is 8.42 Å². The summed E-state index contributed by atoms with van der Waals surface area (Å²) in [5, 5.41) is 9.89. The number of piperidine rings is 1. The van der Waals surface area contributed by atoms with Gasteiger partial charge in [0.2, 0.25) is 15.9 Å². The average molecular weight is 419 g/mol. The van der Waals surface area contributed by atoms with E-state index in [2.05, 4.69) is 15.5 Å². The molecular formula is C20H26N4O4S. The van der Waals surface area contributed by atoms with Crippen molar-refractivity contribution in [2.45, 2.75) is 43.4 Å². The van der Waals surface area contributed by atoms with Crippen LogP contribution in [0.5, 0.6) is 5.75 Å². The van der Waals surface area contributed by atoms with E-state index in [0.29, 0.717) is 25.2 Å².